The van der Waals surface area contributed by atoms with Crippen LogP contribution in [-0.4, -0.2) is 50.9 Å². The summed E-state index contributed by atoms with van der Waals surface area (Å²) in [6.45, 7) is 5.77. The Hall–Kier alpha value is -2.44. The number of aryl methyl sites for hydroxylation is 1. The topological polar surface area (TPSA) is 79.6 Å². The van der Waals surface area contributed by atoms with Crippen molar-refractivity contribution in [2.45, 2.75) is 33.1 Å². The number of carbonyl (C=O) groups excluding carboxylic acids is 2. The normalized spacial score (nSPS) is 15.7. The van der Waals surface area contributed by atoms with Gasteiger partial charge in [0.1, 0.15) is 5.69 Å². The van der Waals surface area contributed by atoms with E-state index in [1.807, 2.05) is 11.8 Å². The van der Waals surface area contributed by atoms with Crippen molar-refractivity contribution in [3.8, 4) is 0 Å². The fourth-order valence-corrected chi connectivity index (χ4v) is 3.22. The predicted molar refractivity (Wildman–Crippen MR) is 89.7 cm³/mol. The second-order valence-corrected chi connectivity index (χ2v) is 6.38. The van der Waals surface area contributed by atoms with Crippen LogP contribution in [0.5, 0.6) is 0 Å². The minimum atomic E-state index is -0.129. The summed E-state index contributed by atoms with van der Waals surface area (Å²) in [5.41, 5.74) is 1.98. The summed E-state index contributed by atoms with van der Waals surface area (Å²) in [5.74, 6) is 0.582. The lowest BCUT2D eigenvalue weighted by Crippen LogP contribution is -2.38. The third kappa shape index (κ3) is 3.55. The Kier molecular flexibility index (Phi) is 4.78. The molecule has 2 amide bonds. The largest absolute Gasteiger partial charge is 0.351 e. The Labute approximate surface area is 141 Å². The van der Waals surface area contributed by atoms with Crippen molar-refractivity contribution in [1.82, 2.24) is 24.8 Å². The molecule has 1 saturated heterocycles. The molecule has 1 fully saturated rings. The van der Waals surface area contributed by atoms with Crippen molar-refractivity contribution < 1.29 is 9.59 Å². The predicted octanol–water partition coefficient (Wildman–Crippen LogP) is 1.42. The number of hydrogen-bond donors (Lipinski definition) is 1. The zero-order chi connectivity index (χ0) is 17.1. The molecule has 0 unspecified atom stereocenters. The molecule has 7 heteroatoms. The first-order valence-corrected chi connectivity index (χ1v) is 8.39. The molecule has 0 spiro atoms. The van der Waals surface area contributed by atoms with Crippen LogP contribution in [0.4, 0.5) is 0 Å². The van der Waals surface area contributed by atoms with Crippen molar-refractivity contribution in [3.05, 3.63) is 29.7 Å². The molecular formula is C17H23N5O2. The first-order chi connectivity index (χ1) is 11.5. The Morgan fingerprint density at radius 3 is 2.79 bits per heavy atom. The summed E-state index contributed by atoms with van der Waals surface area (Å²) in [6, 6.07) is 3.53. The third-order valence-electron chi connectivity index (χ3n) is 4.62. The number of likely N-dealkylation sites (tertiary alicyclic amines) is 1. The van der Waals surface area contributed by atoms with E-state index >= 15 is 0 Å². The van der Waals surface area contributed by atoms with E-state index in [2.05, 4.69) is 15.4 Å². The van der Waals surface area contributed by atoms with E-state index in [9.17, 15) is 9.59 Å². The monoisotopic (exact) mass is 329 g/mol. The average molecular weight is 329 g/mol. The molecule has 7 nitrogen and oxygen atoms in total. The minimum absolute atomic E-state index is 0.129. The van der Waals surface area contributed by atoms with Crippen LogP contribution in [-0.2, 0) is 4.79 Å². The summed E-state index contributed by atoms with van der Waals surface area (Å²) in [7, 11) is 0. The van der Waals surface area contributed by atoms with Crippen LogP contribution in [0.3, 0.4) is 0 Å². The van der Waals surface area contributed by atoms with Gasteiger partial charge < -0.3 is 10.2 Å². The highest BCUT2D eigenvalue weighted by atomic mass is 16.2. The molecule has 1 N–H and O–H groups in total. The molecule has 0 aromatic carbocycles. The van der Waals surface area contributed by atoms with Crippen molar-refractivity contribution in [1.29, 1.82) is 0 Å². The second kappa shape index (κ2) is 6.98. The molecule has 0 aliphatic carbocycles. The maximum absolute atomic E-state index is 12.4. The smallest absolute Gasteiger partial charge is 0.270 e. The summed E-state index contributed by atoms with van der Waals surface area (Å²) in [4.78, 5) is 30.0. The van der Waals surface area contributed by atoms with Crippen molar-refractivity contribution >= 4 is 17.5 Å². The van der Waals surface area contributed by atoms with Crippen LogP contribution >= 0.6 is 0 Å². The minimum Gasteiger partial charge on any atom is -0.351 e. The molecule has 2 aromatic heterocycles. The highest BCUT2D eigenvalue weighted by Gasteiger charge is 2.20. The number of amides is 2. The van der Waals surface area contributed by atoms with Crippen LogP contribution in [0.15, 0.2) is 18.3 Å². The van der Waals surface area contributed by atoms with Gasteiger partial charge in [-0.1, -0.05) is 0 Å². The zero-order valence-electron chi connectivity index (χ0n) is 14.2. The SMILES string of the molecule is CC(=O)N1CCC(CCNC(=O)c2cc(C)nc3ccnn23)CC1. The van der Waals surface area contributed by atoms with Crippen LogP contribution in [0.25, 0.3) is 5.65 Å². The van der Waals surface area contributed by atoms with Gasteiger partial charge in [0.2, 0.25) is 5.91 Å². The quantitative estimate of drug-likeness (QED) is 0.920. The summed E-state index contributed by atoms with van der Waals surface area (Å²) in [6.07, 6.45) is 4.59. The van der Waals surface area contributed by atoms with Gasteiger partial charge in [0.05, 0.1) is 6.20 Å². The van der Waals surface area contributed by atoms with Gasteiger partial charge in [-0.3, -0.25) is 9.59 Å². The number of aromatic nitrogens is 3. The van der Waals surface area contributed by atoms with Gasteiger partial charge in [-0.2, -0.15) is 5.10 Å². The van der Waals surface area contributed by atoms with Gasteiger partial charge in [0.15, 0.2) is 5.65 Å². The van der Waals surface area contributed by atoms with Crippen LogP contribution < -0.4 is 5.32 Å². The van der Waals surface area contributed by atoms with E-state index < -0.39 is 0 Å². The lowest BCUT2D eigenvalue weighted by molar-refractivity contribution is -0.130. The Bertz CT molecular complexity index is 747. The van der Waals surface area contributed by atoms with Gasteiger partial charge in [0, 0.05) is 38.3 Å². The molecule has 24 heavy (non-hydrogen) atoms. The number of nitrogens with one attached hydrogen (secondary N) is 1. The van der Waals surface area contributed by atoms with E-state index in [-0.39, 0.29) is 11.8 Å². The number of carbonyl (C=O) groups is 2. The molecular weight excluding hydrogens is 306 g/mol. The summed E-state index contributed by atoms with van der Waals surface area (Å²) < 4.78 is 1.56. The molecule has 0 bridgehead atoms. The van der Waals surface area contributed by atoms with Crippen molar-refractivity contribution in [3.63, 3.8) is 0 Å². The maximum atomic E-state index is 12.4. The molecule has 0 saturated carbocycles. The lowest BCUT2D eigenvalue weighted by Gasteiger charge is -2.31. The number of piperidine rings is 1. The Balaban J connectivity index is 1.53. The molecule has 0 atom stereocenters. The van der Waals surface area contributed by atoms with Gasteiger partial charge in [-0.25, -0.2) is 9.50 Å². The lowest BCUT2D eigenvalue weighted by atomic mass is 9.93. The Morgan fingerprint density at radius 1 is 1.33 bits per heavy atom. The molecule has 1 aliphatic rings. The van der Waals surface area contributed by atoms with Gasteiger partial charge in [-0.05, 0) is 38.2 Å². The second-order valence-electron chi connectivity index (χ2n) is 6.38. The van der Waals surface area contributed by atoms with Gasteiger partial charge in [-0.15, -0.1) is 0 Å². The van der Waals surface area contributed by atoms with Crippen molar-refractivity contribution in [2.24, 2.45) is 5.92 Å². The molecule has 128 valence electrons. The first-order valence-electron chi connectivity index (χ1n) is 8.39. The maximum Gasteiger partial charge on any atom is 0.270 e. The highest BCUT2D eigenvalue weighted by Crippen LogP contribution is 2.20. The van der Waals surface area contributed by atoms with Gasteiger partial charge in [0.25, 0.3) is 5.91 Å². The van der Waals surface area contributed by atoms with Crippen LogP contribution in [0.1, 0.15) is 42.4 Å². The fourth-order valence-electron chi connectivity index (χ4n) is 3.22. The zero-order valence-corrected chi connectivity index (χ0v) is 14.2. The van der Waals surface area contributed by atoms with E-state index in [4.69, 9.17) is 0 Å². The number of fused-ring (bicyclic) bond motifs is 1. The molecule has 3 heterocycles. The third-order valence-corrected chi connectivity index (χ3v) is 4.62. The summed E-state index contributed by atoms with van der Waals surface area (Å²) in [5, 5.41) is 7.14. The van der Waals surface area contributed by atoms with Gasteiger partial charge >= 0.3 is 0 Å². The Morgan fingerprint density at radius 2 is 2.08 bits per heavy atom. The van der Waals surface area contributed by atoms with E-state index in [0.717, 1.165) is 38.0 Å². The average Bonchev–Trinajstić information content (AvgIpc) is 3.02. The van der Waals surface area contributed by atoms with E-state index in [1.165, 1.54) is 0 Å². The van der Waals surface area contributed by atoms with Crippen molar-refractivity contribution in [2.75, 3.05) is 19.6 Å². The molecule has 0 radical (unpaired) electrons. The molecule has 2 aromatic rings. The molecule has 1 aliphatic heterocycles. The van der Waals surface area contributed by atoms with E-state index in [0.29, 0.717) is 23.8 Å². The number of nitrogens with zero attached hydrogens (tertiary/aromatic N) is 4. The van der Waals surface area contributed by atoms with E-state index in [1.54, 1.807) is 29.8 Å². The fraction of sp³-hybridized carbons (Fsp3) is 0.529. The standard InChI is InChI=1S/C17H23N5O2/c1-12-11-15(22-16(20-12)4-8-19-22)17(24)18-7-3-14-5-9-21(10-6-14)13(2)23/h4,8,11,14H,3,5-7,9-10H2,1-2H3,(H,18,24). The molecule has 3 rings (SSSR count). The number of hydrogen-bond acceptors (Lipinski definition) is 4. The highest BCUT2D eigenvalue weighted by molar-refractivity contribution is 5.93. The van der Waals surface area contributed by atoms with Crippen LogP contribution in [0.2, 0.25) is 0 Å². The summed E-state index contributed by atoms with van der Waals surface area (Å²) >= 11 is 0. The first kappa shape index (κ1) is 16.4. The number of rotatable bonds is 4. The van der Waals surface area contributed by atoms with Crippen LogP contribution in [0, 0.1) is 12.8 Å².